The van der Waals surface area contributed by atoms with Gasteiger partial charge in [0, 0.05) is 5.56 Å². The highest BCUT2D eigenvalue weighted by atomic mass is 32.2. The van der Waals surface area contributed by atoms with Gasteiger partial charge in [0.15, 0.2) is 11.4 Å². The van der Waals surface area contributed by atoms with Crippen LogP contribution in [-0.4, -0.2) is 16.5 Å². The van der Waals surface area contributed by atoms with Gasteiger partial charge in [0.25, 0.3) is 5.22 Å². The van der Waals surface area contributed by atoms with Gasteiger partial charge in [-0.15, -0.1) is 0 Å². The van der Waals surface area contributed by atoms with Gasteiger partial charge in [-0.2, -0.15) is 13.2 Å². The van der Waals surface area contributed by atoms with Gasteiger partial charge < -0.3 is 4.42 Å². The van der Waals surface area contributed by atoms with Crippen molar-refractivity contribution in [2.45, 2.75) is 11.4 Å². The summed E-state index contributed by atoms with van der Waals surface area (Å²) in [4.78, 5) is 16.3. The van der Waals surface area contributed by atoms with Gasteiger partial charge in [-0.3, -0.25) is 4.79 Å². The van der Waals surface area contributed by atoms with Crippen LogP contribution in [0.2, 0.25) is 0 Å². The largest absolute Gasteiger partial charge is 0.431 e. The minimum atomic E-state index is -4.47. The maximum Gasteiger partial charge on any atom is 0.416 e. The Bertz CT molecular complexity index is 825. The number of hydrogen-bond donors (Lipinski definition) is 0. The second kappa shape index (κ2) is 6.08. The lowest BCUT2D eigenvalue weighted by Gasteiger charge is -2.07. The van der Waals surface area contributed by atoms with Gasteiger partial charge in [0.2, 0.25) is 0 Å². The minimum absolute atomic E-state index is 0.0171. The Labute approximate surface area is 133 Å². The van der Waals surface area contributed by atoms with Crippen LogP contribution in [0.15, 0.2) is 58.2 Å². The van der Waals surface area contributed by atoms with Crippen molar-refractivity contribution >= 4 is 28.6 Å². The molecule has 0 radical (unpaired) electrons. The van der Waals surface area contributed by atoms with E-state index in [0.29, 0.717) is 16.3 Å². The van der Waals surface area contributed by atoms with Crippen LogP contribution >= 0.6 is 11.8 Å². The molecule has 118 valence electrons. The molecule has 3 nitrogen and oxygen atoms in total. The zero-order chi connectivity index (χ0) is 16.4. The lowest BCUT2D eigenvalue weighted by molar-refractivity contribution is -0.137. The first kappa shape index (κ1) is 15.6. The summed E-state index contributed by atoms with van der Waals surface area (Å²) in [5.74, 6) is -0.461. The lowest BCUT2D eigenvalue weighted by atomic mass is 10.1. The highest BCUT2D eigenvalue weighted by Crippen LogP contribution is 2.30. The molecule has 0 amide bonds. The summed E-state index contributed by atoms with van der Waals surface area (Å²) < 4.78 is 43.4. The SMILES string of the molecule is O=C(CSc1nc2ccccc2o1)c1cccc(C(F)(F)F)c1. The number of carbonyl (C=O) groups excluding carboxylic acids is 1. The molecular weight excluding hydrogens is 327 g/mol. The third-order valence-electron chi connectivity index (χ3n) is 3.11. The van der Waals surface area contributed by atoms with E-state index in [0.717, 1.165) is 23.9 Å². The molecule has 0 saturated carbocycles. The van der Waals surface area contributed by atoms with Crippen molar-refractivity contribution in [1.29, 1.82) is 0 Å². The minimum Gasteiger partial charge on any atom is -0.431 e. The Morgan fingerprint density at radius 2 is 1.91 bits per heavy atom. The van der Waals surface area contributed by atoms with E-state index in [1.165, 1.54) is 12.1 Å². The summed E-state index contributed by atoms with van der Waals surface area (Å²) in [6.07, 6.45) is -4.47. The summed E-state index contributed by atoms with van der Waals surface area (Å²) in [6, 6.07) is 11.5. The van der Waals surface area contributed by atoms with Gasteiger partial charge in [-0.25, -0.2) is 4.98 Å². The average molecular weight is 337 g/mol. The molecule has 0 N–H and O–H groups in total. The van der Waals surface area contributed by atoms with Crippen molar-refractivity contribution in [2.75, 3.05) is 5.75 Å². The van der Waals surface area contributed by atoms with Crippen LogP contribution in [0.4, 0.5) is 13.2 Å². The van der Waals surface area contributed by atoms with Gasteiger partial charge in [0.05, 0.1) is 11.3 Å². The summed E-state index contributed by atoms with van der Waals surface area (Å²) >= 11 is 1.05. The van der Waals surface area contributed by atoms with Crippen molar-refractivity contribution in [1.82, 2.24) is 4.98 Å². The number of alkyl halides is 3. The van der Waals surface area contributed by atoms with Crippen LogP contribution in [-0.2, 0) is 6.18 Å². The summed E-state index contributed by atoms with van der Waals surface area (Å²) in [7, 11) is 0. The molecule has 0 spiro atoms. The fourth-order valence-electron chi connectivity index (χ4n) is 1.99. The normalized spacial score (nSPS) is 11.8. The van der Waals surface area contributed by atoms with E-state index in [2.05, 4.69) is 4.98 Å². The molecule has 0 aliphatic rings. The molecule has 1 heterocycles. The fourth-order valence-corrected chi connectivity index (χ4v) is 2.73. The maximum absolute atomic E-state index is 12.7. The number of aromatic nitrogens is 1. The average Bonchev–Trinajstić information content (AvgIpc) is 2.95. The van der Waals surface area contributed by atoms with Gasteiger partial charge in [-0.1, -0.05) is 36.0 Å². The van der Waals surface area contributed by atoms with Crippen molar-refractivity contribution in [3.63, 3.8) is 0 Å². The molecule has 0 fully saturated rings. The van der Waals surface area contributed by atoms with E-state index < -0.39 is 17.5 Å². The van der Waals surface area contributed by atoms with Crippen LogP contribution < -0.4 is 0 Å². The number of ketones is 1. The van der Waals surface area contributed by atoms with Crippen molar-refractivity contribution in [2.24, 2.45) is 0 Å². The first-order chi connectivity index (χ1) is 10.9. The molecule has 2 aromatic carbocycles. The quantitative estimate of drug-likeness (QED) is 0.506. The van der Waals surface area contributed by atoms with Crippen molar-refractivity contribution < 1.29 is 22.4 Å². The number of carbonyl (C=O) groups is 1. The number of rotatable bonds is 4. The number of nitrogens with zero attached hydrogens (tertiary/aromatic N) is 1. The maximum atomic E-state index is 12.7. The third-order valence-corrected chi connectivity index (χ3v) is 3.94. The summed E-state index contributed by atoms with van der Waals surface area (Å²) in [6.45, 7) is 0. The van der Waals surface area contributed by atoms with Crippen molar-refractivity contribution in [3.05, 3.63) is 59.7 Å². The Hall–Kier alpha value is -2.28. The van der Waals surface area contributed by atoms with E-state index in [-0.39, 0.29) is 11.3 Å². The number of oxazole rings is 1. The number of fused-ring (bicyclic) bond motifs is 1. The monoisotopic (exact) mass is 337 g/mol. The molecule has 23 heavy (non-hydrogen) atoms. The number of Topliss-reactive ketones (excluding diaryl/α,β-unsaturated/α-hetero) is 1. The second-order valence-electron chi connectivity index (χ2n) is 4.74. The van der Waals surface area contributed by atoms with E-state index in [1.54, 1.807) is 18.2 Å². The molecular formula is C16H10F3NO2S. The lowest BCUT2D eigenvalue weighted by Crippen LogP contribution is -2.08. The predicted octanol–water partition coefficient (Wildman–Crippen LogP) is 4.82. The van der Waals surface area contributed by atoms with Crippen LogP contribution in [0.25, 0.3) is 11.1 Å². The highest BCUT2D eigenvalue weighted by molar-refractivity contribution is 7.99. The predicted molar refractivity (Wildman–Crippen MR) is 80.5 cm³/mol. The topological polar surface area (TPSA) is 43.1 Å². The molecule has 0 unspecified atom stereocenters. The molecule has 3 rings (SSSR count). The second-order valence-corrected chi connectivity index (χ2v) is 5.66. The molecule has 0 aliphatic heterocycles. The number of benzene rings is 2. The Morgan fingerprint density at radius 1 is 1.13 bits per heavy atom. The van der Waals surface area contributed by atoms with Crippen LogP contribution in [0.1, 0.15) is 15.9 Å². The van der Waals surface area contributed by atoms with Crippen LogP contribution in [0, 0.1) is 0 Å². The molecule has 1 aromatic heterocycles. The Balaban J connectivity index is 1.72. The molecule has 0 bridgehead atoms. The van der Waals surface area contributed by atoms with Crippen LogP contribution in [0.5, 0.6) is 0 Å². The van der Waals surface area contributed by atoms with E-state index >= 15 is 0 Å². The third kappa shape index (κ3) is 3.56. The smallest absolute Gasteiger partial charge is 0.416 e. The molecule has 0 saturated heterocycles. The molecule has 3 aromatic rings. The molecule has 0 aliphatic carbocycles. The summed E-state index contributed by atoms with van der Waals surface area (Å²) in [5.41, 5.74) is 0.446. The summed E-state index contributed by atoms with van der Waals surface area (Å²) in [5, 5.41) is 0.312. The van der Waals surface area contributed by atoms with Gasteiger partial charge >= 0.3 is 6.18 Å². The van der Waals surface area contributed by atoms with Crippen molar-refractivity contribution in [3.8, 4) is 0 Å². The van der Waals surface area contributed by atoms with Gasteiger partial charge in [-0.05, 0) is 24.3 Å². The Kier molecular flexibility index (Phi) is 4.12. The number of hydrogen-bond acceptors (Lipinski definition) is 4. The zero-order valence-electron chi connectivity index (χ0n) is 11.6. The number of thioether (sulfide) groups is 1. The first-order valence-corrected chi connectivity index (χ1v) is 7.61. The number of halogens is 3. The molecule has 7 heteroatoms. The van der Waals surface area contributed by atoms with Crippen LogP contribution in [0.3, 0.4) is 0 Å². The van der Waals surface area contributed by atoms with Gasteiger partial charge in [0.1, 0.15) is 5.52 Å². The van der Waals surface area contributed by atoms with E-state index in [1.807, 2.05) is 6.07 Å². The fraction of sp³-hybridized carbons (Fsp3) is 0.125. The van der Waals surface area contributed by atoms with E-state index in [9.17, 15) is 18.0 Å². The van der Waals surface area contributed by atoms with E-state index in [4.69, 9.17) is 4.42 Å². The Morgan fingerprint density at radius 3 is 2.65 bits per heavy atom. The molecule has 0 atom stereocenters. The number of para-hydroxylation sites is 2. The standard InChI is InChI=1S/C16H10F3NO2S/c17-16(18,19)11-5-3-4-10(8-11)13(21)9-23-15-20-12-6-1-2-7-14(12)22-15/h1-8H,9H2. The zero-order valence-corrected chi connectivity index (χ0v) is 12.4. The first-order valence-electron chi connectivity index (χ1n) is 6.62. The highest BCUT2D eigenvalue weighted by Gasteiger charge is 2.30.